The van der Waals surface area contributed by atoms with Crippen molar-refractivity contribution in [3.63, 3.8) is 0 Å². The highest BCUT2D eigenvalue weighted by molar-refractivity contribution is 7.89. The smallest absolute Gasteiger partial charge is 0.318 e. The van der Waals surface area contributed by atoms with Crippen LogP contribution in [-0.4, -0.2) is 48.6 Å². The molecule has 0 heterocycles. The molecule has 0 spiro atoms. The highest BCUT2D eigenvalue weighted by Crippen LogP contribution is 2.41. The van der Waals surface area contributed by atoms with Gasteiger partial charge in [-0.3, -0.25) is 4.79 Å². The first-order valence-electron chi connectivity index (χ1n) is 6.26. The summed E-state index contributed by atoms with van der Waals surface area (Å²) in [7, 11) is -3.96. The number of nitrogens with zero attached hydrogens (tertiary/aromatic N) is 1. The summed E-state index contributed by atoms with van der Waals surface area (Å²) >= 11 is 0. The summed E-state index contributed by atoms with van der Waals surface area (Å²) in [6.07, 6.45) is 0.618. The number of sulfonamides is 1. The minimum atomic E-state index is -3.96. The van der Waals surface area contributed by atoms with Gasteiger partial charge in [-0.05, 0) is 19.3 Å². The maximum atomic E-state index is 13.5. The maximum Gasteiger partial charge on any atom is 0.318 e. The predicted molar refractivity (Wildman–Crippen MR) is 65.6 cm³/mol. The van der Waals surface area contributed by atoms with E-state index in [1.54, 1.807) is 6.92 Å². The second kappa shape index (κ2) is 6.13. The molecule has 1 N–H and O–H groups in total. The number of carboxylic acids is 1. The number of aliphatic carboxylic acids is 1. The summed E-state index contributed by atoms with van der Waals surface area (Å²) in [5, 5.41) is 8.68. The van der Waals surface area contributed by atoms with Crippen LogP contribution in [0.5, 0.6) is 0 Å². The lowest BCUT2D eigenvalue weighted by atomic mass is 10.1. The number of rotatable bonds is 7. The summed E-state index contributed by atoms with van der Waals surface area (Å²) < 4.78 is 51.7. The van der Waals surface area contributed by atoms with Crippen LogP contribution in [0.3, 0.4) is 0 Å². The number of hydrogen-bond acceptors (Lipinski definition) is 3. The molecule has 0 aromatic carbocycles. The van der Waals surface area contributed by atoms with E-state index >= 15 is 0 Å². The van der Waals surface area contributed by atoms with E-state index in [0.29, 0.717) is 12.8 Å². The van der Waals surface area contributed by atoms with Gasteiger partial charge in [0.05, 0.1) is 5.75 Å². The third-order valence-corrected chi connectivity index (χ3v) is 5.17. The van der Waals surface area contributed by atoms with Crippen molar-refractivity contribution in [3.8, 4) is 0 Å². The molecule has 0 radical (unpaired) electrons. The molecule has 5 nitrogen and oxygen atoms in total. The lowest BCUT2D eigenvalue weighted by molar-refractivity contribution is -0.137. The Bertz CT molecular complexity index is 424. The van der Waals surface area contributed by atoms with Gasteiger partial charge in [0.15, 0.2) is 0 Å². The lowest BCUT2D eigenvalue weighted by Crippen LogP contribution is -2.41. The molecule has 1 atom stereocenters. The van der Waals surface area contributed by atoms with Crippen LogP contribution in [0.1, 0.15) is 32.6 Å². The molecule has 112 valence electrons. The van der Waals surface area contributed by atoms with Crippen molar-refractivity contribution in [1.82, 2.24) is 4.31 Å². The minimum absolute atomic E-state index is 0.0346. The van der Waals surface area contributed by atoms with E-state index in [2.05, 4.69) is 0 Å². The van der Waals surface area contributed by atoms with Crippen molar-refractivity contribution >= 4 is 16.0 Å². The van der Waals surface area contributed by atoms with Crippen molar-refractivity contribution in [3.05, 3.63) is 0 Å². The molecule has 1 saturated carbocycles. The first kappa shape index (κ1) is 16.3. The fourth-order valence-electron chi connectivity index (χ4n) is 2.28. The van der Waals surface area contributed by atoms with Crippen molar-refractivity contribution in [2.24, 2.45) is 5.92 Å². The first-order chi connectivity index (χ1) is 8.69. The molecule has 8 heteroatoms. The van der Waals surface area contributed by atoms with Crippen LogP contribution < -0.4 is 0 Å². The molecule has 19 heavy (non-hydrogen) atoms. The lowest BCUT2D eigenvalue weighted by Gasteiger charge is -2.24. The van der Waals surface area contributed by atoms with Crippen LogP contribution >= 0.6 is 0 Å². The molecular weight excluding hydrogens is 280 g/mol. The number of alkyl halides is 2. The molecule has 0 saturated heterocycles. The maximum absolute atomic E-state index is 13.5. The molecule has 1 aliphatic rings. The molecule has 0 aliphatic heterocycles. The second-order valence-corrected chi connectivity index (χ2v) is 6.87. The average Bonchev–Trinajstić information content (AvgIpc) is 2.56. The van der Waals surface area contributed by atoms with Gasteiger partial charge in [-0.25, -0.2) is 17.2 Å². The molecule has 1 rings (SSSR count). The quantitative estimate of drug-likeness (QED) is 0.774. The van der Waals surface area contributed by atoms with E-state index < -0.39 is 40.1 Å². The fraction of sp³-hybridized carbons (Fsp3) is 0.909. The first-order valence-corrected chi connectivity index (χ1v) is 7.87. The number of carbonyl (C=O) groups is 1. The van der Waals surface area contributed by atoms with Crippen molar-refractivity contribution in [2.75, 3.05) is 18.8 Å². The Kier molecular flexibility index (Phi) is 5.26. The standard InChI is InChI=1S/C11H19F2NO4S/c1-2-6-14(7-10(15)16)19(17,18)8-9-4-3-5-11(9,12)13/h9H,2-8H2,1H3,(H,15,16). The summed E-state index contributed by atoms with van der Waals surface area (Å²) in [6, 6.07) is 0. The van der Waals surface area contributed by atoms with E-state index in [1.807, 2.05) is 0 Å². The number of carboxylic acid groups (broad SMARTS) is 1. The fourth-order valence-corrected chi connectivity index (χ4v) is 4.18. The average molecular weight is 299 g/mol. The highest BCUT2D eigenvalue weighted by Gasteiger charge is 2.46. The van der Waals surface area contributed by atoms with Gasteiger partial charge in [0.2, 0.25) is 10.0 Å². The van der Waals surface area contributed by atoms with Crippen molar-refractivity contribution < 1.29 is 27.1 Å². The molecular formula is C11H19F2NO4S. The van der Waals surface area contributed by atoms with E-state index in [-0.39, 0.29) is 19.4 Å². The Morgan fingerprint density at radius 1 is 1.47 bits per heavy atom. The highest BCUT2D eigenvalue weighted by atomic mass is 32.2. The predicted octanol–water partition coefficient (Wildman–Crippen LogP) is 1.55. The Labute approximate surface area is 111 Å². The van der Waals surface area contributed by atoms with Gasteiger partial charge in [0.25, 0.3) is 5.92 Å². The number of hydrogen-bond donors (Lipinski definition) is 1. The van der Waals surface area contributed by atoms with E-state index in [1.165, 1.54) is 0 Å². The van der Waals surface area contributed by atoms with Gasteiger partial charge in [-0.15, -0.1) is 0 Å². The topological polar surface area (TPSA) is 74.7 Å². The summed E-state index contributed by atoms with van der Waals surface area (Å²) in [6.45, 7) is 1.07. The van der Waals surface area contributed by atoms with Gasteiger partial charge in [-0.2, -0.15) is 4.31 Å². The van der Waals surface area contributed by atoms with Gasteiger partial charge in [0, 0.05) is 18.9 Å². The monoisotopic (exact) mass is 299 g/mol. The normalized spacial score (nSPS) is 22.8. The Morgan fingerprint density at radius 2 is 2.11 bits per heavy atom. The van der Waals surface area contributed by atoms with Crippen LogP contribution in [0.4, 0.5) is 8.78 Å². The Morgan fingerprint density at radius 3 is 2.53 bits per heavy atom. The number of halogens is 2. The molecule has 0 bridgehead atoms. The van der Waals surface area contributed by atoms with Crippen LogP contribution in [0.15, 0.2) is 0 Å². The molecule has 1 fully saturated rings. The molecule has 1 aliphatic carbocycles. The van der Waals surface area contributed by atoms with Crippen LogP contribution in [0, 0.1) is 5.92 Å². The largest absolute Gasteiger partial charge is 0.480 e. The SMILES string of the molecule is CCCN(CC(=O)O)S(=O)(=O)CC1CCCC1(F)F. The van der Waals surface area contributed by atoms with Gasteiger partial charge >= 0.3 is 5.97 Å². The second-order valence-electron chi connectivity index (χ2n) is 4.86. The summed E-state index contributed by atoms with van der Waals surface area (Å²) in [5.74, 6) is -6.12. The van der Waals surface area contributed by atoms with E-state index in [9.17, 15) is 22.0 Å². The zero-order valence-corrected chi connectivity index (χ0v) is 11.6. The summed E-state index contributed by atoms with van der Waals surface area (Å²) in [4.78, 5) is 10.6. The Balaban J connectivity index is 2.79. The van der Waals surface area contributed by atoms with E-state index in [0.717, 1.165) is 4.31 Å². The third kappa shape index (κ3) is 4.38. The van der Waals surface area contributed by atoms with Crippen LogP contribution in [0.25, 0.3) is 0 Å². The van der Waals surface area contributed by atoms with Crippen LogP contribution in [-0.2, 0) is 14.8 Å². The Hall–Kier alpha value is -0.760. The molecule has 0 aromatic rings. The zero-order valence-electron chi connectivity index (χ0n) is 10.8. The zero-order chi connectivity index (χ0) is 14.7. The van der Waals surface area contributed by atoms with Gasteiger partial charge in [-0.1, -0.05) is 6.92 Å². The van der Waals surface area contributed by atoms with Crippen molar-refractivity contribution in [1.29, 1.82) is 0 Å². The summed E-state index contributed by atoms with van der Waals surface area (Å²) in [5.41, 5.74) is 0. The van der Waals surface area contributed by atoms with Crippen molar-refractivity contribution in [2.45, 2.75) is 38.5 Å². The minimum Gasteiger partial charge on any atom is -0.480 e. The molecule has 1 unspecified atom stereocenters. The molecule has 0 aromatic heterocycles. The van der Waals surface area contributed by atoms with Crippen LogP contribution in [0.2, 0.25) is 0 Å². The molecule has 0 amide bonds. The van der Waals surface area contributed by atoms with Gasteiger partial charge < -0.3 is 5.11 Å². The third-order valence-electron chi connectivity index (χ3n) is 3.25. The van der Waals surface area contributed by atoms with E-state index in [4.69, 9.17) is 5.11 Å². The van der Waals surface area contributed by atoms with Gasteiger partial charge in [0.1, 0.15) is 6.54 Å².